The summed E-state index contributed by atoms with van der Waals surface area (Å²) in [7, 11) is 0. The van der Waals surface area contributed by atoms with Crippen molar-refractivity contribution >= 4 is 39.2 Å². The van der Waals surface area contributed by atoms with Crippen LogP contribution in [0.25, 0.3) is 32.7 Å². The van der Waals surface area contributed by atoms with E-state index in [1.54, 1.807) is 5.47 Å². The summed E-state index contributed by atoms with van der Waals surface area (Å²) in [4.78, 5) is 0. The first-order valence-corrected chi connectivity index (χ1v) is 14.8. The molecule has 2 aliphatic carbocycles. The minimum absolute atomic E-state index is 0.220. The van der Waals surface area contributed by atoms with Gasteiger partial charge < -0.3 is 0 Å². The van der Waals surface area contributed by atoms with Crippen molar-refractivity contribution in [1.29, 1.82) is 0 Å². The van der Waals surface area contributed by atoms with Crippen LogP contribution in [0.1, 0.15) is 30.9 Å². The van der Waals surface area contributed by atoms with E-state index < -0.39 is 0 Å². The van der Waals surface area contributed by atoms with E-state index in [0.29, 0.717) is 11.8 Å². The molecule has 0 saturated carbocycles. The van der Waals surface area contributed by atoms with Crippen molar-refractivity contribution in [3.8, 4) is 11.1 Å². The molecule has 5 aromatic rings. The molecular formula is C39H35B. The lowest BCUT2D eigenvalue weighted by atomic mass is 9.31. The summed E-state index contributed by atoms with van der Waals surface area (Å²) in [5.74, 6) is 1.05. The second-order valence-corrected chi connectivity index (χ2v) is 11.8. The van der Waals surface area contributed by atoms with E-state index in [1.807, 2.05) is 0 Å². The third kappa shape index (κ3) is 4.16. The van der Waals surface area contributed by atoms with Crippen molar-refractivity contribution in [3.63, 3.8) is 0 Å². The Kier molecular flexibility index (Phi) is 6.32. The van der Waals surface area contributed by atoms with Gasteiger partial charge in [-0.2, -0.15) is 0 Å². The van der Waals surface area contributed by atoms with E-state index in [1.165, 1.54) is 73.1 Å². The van der Waals surface area contributed by atoms with Crippen LogP contribution in [-0.4, -0.2) is 6.71 Å². The molecule has 0 amide bonds. The molecule has 2 atom stereocenters. The molecule has 0 heterocycles. The van der Waals surface area contributed by atoms with Crippen LogP contribution in [0.2, 0.25) is 0 Å². The van der Waals surface area contributed by atoms with Gasteiger partial charge in [-0.3, -0.25) is 0 Å². The van der Waals surface area contributed by atoms with Gasteiger partial charge in [0, 0.05) is 5.92 Å². The van der Waals surface area contributed by atoms with Crippen molar-refractivity contribution in [2.75, 3.05) is 0 Å². The van der Waals surface area contributed by atoms with Crippen LogP contribution in [0, 0.1) is 25.7 Å². The summed E-state index contributed by atoms with van der Waals surface area (Å²) >= 11 is 0. The van der Waals surface area contributed by atoms with Crippen LogP contribution in [0.15, 0.2) is 132 Å². The van der Waals surface area contributed by atoms with E-state index in [4.69, 9.17) is 0 Å². The maximum absolute atomic E-state index is 2.45. The molecule has 0 radical (unpaired) electrons. The molecule has 1 heteroatoms. The Hall–Kier alpha value is -4.10. The van der Waals surface area contributed by atoms with Gasteiger partial charge in [-0.05, 0) is 76.4 Å². The van der Waals surface area contributed by atoms with Gasteiger partial charge in [-0.25, -0.2) is 0 Å². The summed E-state index contributed by atoms with van der Waals surface area (Å²) in [5.41, 5.74) is 11.3. The van der Waals surface area contributed by atoms with Gasteiger partial charge in [0.1, 0.15) is 0 Å². The third-order valence-corrected chi connectivity index (χ3v) is 9.36. The number of benzene rings is 5. The summed E-state index contributed by atoms with van der Waals surface area (Å²) in [5, 5.41) is 5.31. The SMILES string of the molecule is Cc1ccc2ccccc2c1B(C1=C2C=CC=CC2CCC1C)c1ccc(-c2c(C)ccc3ccccc23)cc1. The highest BCUT2D eigenvalue weighted by atomic mass is 14.3. The van der Waals surface area contributed by atoms with Crippen LogP contribution in [-0.2, 0) is 0 Å². The van der Waals surface area contributed by atoms with E-state index in [9.17, 15) is 0 Å². The van der Waals surface area contributed by atoms with Crippen molar-refractivity contribution in [2.24, 2.45) is 11.8 Å². The van der Waals surface area contributed by atoms with Crippen LogP contribution in [0.4, 0.5) is 0 Å². The van der Waals surface area contributed by atoms with Crippen molar-refractivity contribution in [3.05, 3.63) is 144 Å². The predicted octanol–water partition coefficient (Wildman–Crippen LogP) is 8.89. The monoisotopic (exact) mass is 514 g/mol. The van der Waals surface area contributed by atoms with Gasteiger partial charge in [-0.1, -0.05) is 150 Å². The first-order valence-electron chi connectivity index (χ1n) is 14.8. The summed E-state index contributed by atoms with van der Waals surface area (Å²) < 4.78 is 0. The van der Waals surface area contributed by atoms with Crippen LogP contribution in [0.3, 0.4) is 0 Å². The maximum Gasteiger partial charge on any atom is 0.238 e. The molecule has 194 valence electrons. The van der Waals surface area contributed by atoms with Crippen molar-refractivity contribution < 1.29 is 0 Å². The van der Waals surface area contributed by atoms with Crippen molar-refractivity contribution in [2.45, 2.75) is 33.6 Å². The molecule has 7 rings (SSSR count). The molecule has 0 bridgehead atoms. The Bertz CT molecular complexity index is 1830. The summed E-state index contributed by atoms with van der Waals surface area (Å²) in [6, 6.07) is 36.4. The molecule has 0 spiro atoms. The highest BCUT2D eigenvalue weighted by Gasteiger charge is 2.36. The van der Waals surface area contributed by atoms with Gasteiger partial charge in [0.25, 0.3) is 0 Å². The second kappa shape index (κ2) is 10.1. The quantitative estimate of drug-likeness (QED) is 0.210. The Balaban J connectivity index is 1.46. The number of hydrogen-bond donors (Lipinski definition) is 0. The Morgan fingerprint density at radius 2 is 1.32 bits per heavy atom. The fourth-order valence-corrected chi connectivity index (χ4v) is 7.36. The fourth-order valence-electron chi connectivity index (χ4n) is 7.36. The lowest BCUT2D eigenvalue weighted by molar-refractivity contribution is 0.504. The summed E-state index contributed by atoms with van der Waals surface area (Å²) in [6.45, 7) is 7.20. The van der Waals surface area contributed by atoms with E-state index in [0.717, 1.165) is 0 Å². The molecule has 40 heavy (non-hydrogen) atoms. The number of rotatable bonds is 4. The molecule has 0 aromatic heterocycles. The Morgan fingerprint density at radius 1 is 0.650 bits per heavy atom. The van der Waals surface area contributed by atoms with Gasteiger partial charge in [0.15, 0.2) is 0 Å². The third-order valence-electron chi connectivity index (χ3n) is 9.36. The van der Waals surface area contributed by atoms with Gasteiger partial charge in [-0.15, -0.1) is 0 Å². The first kappa shape index (κ1) is 24.9. The zero-order valence-corrected chi connectivity index (χ0v) is 23.7. The average Bonchev–Trinajstić information content (AvgIpc) is 2.99. The van der Waals surface area contributed by atoms with E-state index in [-0.39, 0.29) is 6.71 Å². The van der Waals surface area contributed by atoms with E-state index in [2.05, 4.69) is 142 Å². The lowest BCUT2D eigenvalue weighted by Crippen LogP contribution is -2.49. The highest BCUT2D eigenvalue weighted by Crippen LogP contribution is 2.39. The van der Waals surface area contributed by atoms with Crippen LogP contribution < -0.4 is 10.9 Å². The number of fused-ring (bicyclic) bond motifs is 3. The minimum Gasteiger partial charge on any atom is -0.0841 e. The first-order chi connectivity index (χ1) is 19.6. The number of aryl methyl sites for hydroxylation is 2. The summed E-state index contributed by atoms with van der Waals surface area (Å²) in [6.07, 6.45) is 11.8. The molecule has 2 aliphatic rings. The zero-order chi connectivity index (χ0) is 27.2. The molecule has 5 aromatic carbocycles. The zero-order valence-electron chi connectivity index (χ0n) is 23.7. The molecule has 0 aliphatic heterocycles. The molecule has 0 nitrogen and oxygen atoms in total. The Labute approximate surface area is 238 Å². The van der Waals surface area contributed by atoms with Gasteiger partial charge in [0.05, 0.1) is 0 Å². The molecule has 2 unspecified atom stereocenters. The van der Waals surface area contributed by atoms with Crippen molar-refractivity contribution in [1.82, 2.24) is 0 Å². The second-order valence-electron chi connectivity index (χ2n) is 11.8. The number of hydrogen-bond acceptors (Lipinski definition) is 0. The predicted molar refractivity (Wildman–Crippen MR) is 175 cm³/mol. The maximum atomic E-state index is 2.45. The Morgan fingerprint density at radius 3 is 2.10 bits per heavy atom. The standard InChI is InChI=1S/C39H35B/c1-26-16-19-29-10-4-7-13-34(29)37(26)32-22-24-33(25-23-32)40(38-27(2)17-20-30-11-5-8-14-35(30)38)39-28(3)18-21-31-12-6-9-15-36(31)39/h4-17,19-20,22-25,28,31H,18,21H2,1-3H3. The minimum atomic E-state index is 0.220. The van der Waals surface area contributed by atoms with E-state index >= 15 is 0 Å². The van der Waals surface area contributed by atoms with Gasteiger partial charge >= 0.3 is 0 Å². The smallest absolute Gasteiger partial charge is 0.0841 e. The topological polar surface area (TPSA) is 0 Å². The number of allylic oxidation sites excluding steroid dienone is 6. The molecule has 0 N–H and O–H groups in total. The molecular weight excluding hydrogens is 479 g/mol. The van der Waals surface area contributed by atoms with Crippen LogP contribution in [0.5, 0.6) is 0 Å². The molecule has 0 saturated heterocycles. The highest BCUT2D eigenvalue weighted by molar-refractivity contribution is 6.93. The molecule has 0 fully saturated rings. The normalized spacial score (nSPS) is 18.4. The largest absolute Gasteiger partial charge is 0.238 e. The van der Waals surface area contributed by atoms with Gasteiger partial charge in [0.2, 0.25) is 6.71 Å². The van der Waals surface area contributed by atoms with Crippen LogP contribution >= 0.6 is 0 Å². The lowest BCUT2D eigenvalue weighted by Gasteiger charge is -2.36. The fraction of sp³-hybridized carbons (Fsp3) is 0.179. The average molecular weight is 515 g/mol.